The lowest BCUT2D eigenvalue weighted by molar-refractivity contribution is -0.384. The summed E-state index contributed by atoms with van der Waals surface area (Å²) in [4.78, 5) is 24.0. The van der Waals surface area contributed by atoms with E-state index in [4.69, 9.17) is 4.74 Å². The Hall–Kier alpha value is -2.25. The molecule has 2 rings (SSSR count). The van der Waals surface area contributed by atoms with E-state index in [1.54, 1.807) is 18.2 Å². The number of morpholine rings is 1. The minimum atomic E-state index is -0.453. The monoisotopic (exact) mass is 305 g/mol. The third-order valence-corrected chi connectivity index (χ3v) is 3.36. The van der Waals surface area contributed by atoms with Gasteiger partial charge in [0.05, 0.1) is 18.1 Å². The fourth-order valence-corrected chi connectivity index (χ4v) is 2.10. The van der Waals surface area contributed by atoms with Crippen LogP contribution in [-0.2, 0) is 9.53 Å². The van der Waals surface area contributed by atoms with Crippen LogP contribution in [0.1, 0.15) is 5.56 Å². The predicted molar refractivity (Wildman–Crippen MR) is 82.4 cm³/mol. The topological polar surface area (TPSA) is 84.7 Å². The van der Waals surface area contributed by atoms with Crippen LogP contribution < -0.4 is 5.32 Å². The number of amides is 1. The lowest BCUT2D eigenvalue weighted by Crippen LogP contribution is -2.41. The van der Waals surface area contributed by atoms with Crippen molar-refractivity contribution in [3.63, 3.8) is 0 Å². The Kier molecular flexibility index (Phi) is 6.05. The molecule has 1 saturated heterocycles. The maximum absolute atomic E-state index is 11.7. The van der Waals surface area contributed by atoms with Crippen molar-refractivity contribution < 1.29 is 14.5 Å². The molecule has 7 heteroatoms. The van der Waals surface area contributed by atoms with Gasteiger partial charge in [-0.2, -0.15) is 0 Å². The average Bonchev–Trinajstić information content (AvgIpc) is 2.54. The molecule has 1 heterocycles. The Balaban J connectivity index is 1.72. The molecule has 0 atom stereocenters. The van der Waals surface area contributed by atoms with Crippen LogP contribution in [0.15, 0.2) is 30.3 Å². The summed E-state index contributed by atoms with van der Waals surface area (Å²) in [5.41, 5.74) is 0.779. The van der Waals surface area contributed by atoms with Gasteiger partial charge in [0.1, 0.15) is 0 Å². The van der Waals surface area contributed by atoms with Gasteiger partial charge in [0.15, 0.2) is 0 Å². The Morgan fingerprint density at radius 1 is 1.32 bits per heavy atom. The van der Waals surface area contributed by atoms with Crippen LogP contribution in [0.4, 0.5) is 5.69 Å². The number of nitro groups is 1. The zero-order valence-corrected chi connectivity index (χ0v) is 12.2. The van der Waals surface area contributed by atoms with Crippen molar-refractivity contribution in [2.24, 2.45) is 0 Å². The summed E-state index contributed by atoms with van der Waals surface area (Å²) in [7, 11) is 0. The molecule has 0 saturated carbocycles. The first kappa shape index (κ1) is 16.1. The minimum absolute atomic E-state index is 0.0344. The van der Waals surface area contributed by atoms with Crippen molar-refractivity contribution in [1.29, 1.82) is 0 Å². The van der Waals surface area contributed by atoms with Crippen LogP contribution in [0, 0.1) is 10.1 Å². The molecule has 1 aliphatic rings. The molecule has 7 nitrogen and oxygen atoms in total. The van der Waals surface area contributed by atoms with Crippen molar-refractivity contribution in [2.75, 3.05) is 39.4 Å². The third-order valence-electron chi connectivity index (χ3n) is 3.36. The Morgan fingerprint density at radius 2 is 2.00 bits per heavy atom. The first-order chi connectivity index (χ1) is 10.6. The number of ether oxygens (including phenoxy) is 1. The lowest BCUT2D eigenvalue weighted by atomic mass is 10.2. The number of nitro benzene ring substituents is 1. The molecule has 1 aromatic carbocycles. The van der Waals surface area contributed by atoms with Gasteiger partial charge in [0, 0.05) is 44.4 Å². The van der Waals surface area contributed by atoms with Crippen LogP contribution in [0.2, 0.25) is 0 Å². The molecule has 1 aromatic rings. The maximum Gasteiger partial charge on any atom is 0.269 e. The van der Waals surface area contributed by atoms with Gasteiger partial charge in [-0.1, -0.05) is 0 Å². The first-order valence-corrected chi connectivity index (χ1v) is 7.15. The van der Waals surface area contributed by atoms with Crippen LogP contribution in [0.25, 0.3) is 6.08 Å². The third kappa shape index (κ3) is 5.27. The second-order valence-corrected chi connectivity index (χ2v) is 4.93. The molecule has 0 radical (unpaired) electrons. The highest BCUT2D eigenvalue weighted by Crippen LogP contribution is 2.12. The second kappa shape index (κ2) is 8.26. The number of nitrogens with one attached hydrogen (secondary N) is 1. The van der Waals surface area contributed by atoms with Crippen LogP contribution in [0.5, 0.6) is 0 Å². The van der Waals surface area contributed by atoms with Crippen LogP contribution in [0.3, 0.4) is 0 Å². The van der Waals surface area contributed by atoms with E-state index in [0.717, 1.165) is 38.4 Å². The smallest absolute Gasteiger partial charge is 0.269 e. The van der Waals surface area contributed by atoms with E-state index in [9.17, 15) is 14.9 Å². The van der Waals surface area contributed by atoms with E-state index in [2.05, 4.69) is 10.2 Å². The van der Waals surface area contributed by atoms with Crippen molar-refractivity contribution >= 4 is 17.7 Å². The standard InChI is InChI=1S/C15H19N3O4/c19-15(16-7-8-17-9-11-22-12-10-17)6-3-13-1-4-14(5-2-13)18(20)21/h1-6H,7-12H2,(H,16,19). The van der Waals surface area contributed by atoms with Gasteiger partial charge < -0.3 is 10.1 Å². The number of carbonyl (C=O) groups excluding carboxylic acids is 1. The highest BCUT2D eigenvalue weighted by atomic mass is 16.6. The molecule has 0 bridgehead atoms. The Bertz CT molecular complexity index is 536. The summed E-state index contributed by atoms with van der Waals surface area (Å²) >= 11 is 0. The van der Waals surface area contributed by atoms with Gasteiger partial charge in [-0.3, -0.25) is 19.8 Å². The van der Waals surface area contributed by atoms with Gasteiger partial charge >= 0.3 is 0 Å². The number of hydrogen-bond acceptors (Lipinski definition) is 5. The Morgan fingerprint density at radius 3 is 2.64 bits per heavy atom. The Labute approximate surface area is 128 Å². The summed E-state index contributed by atoms with van der Waals surface area (Å²) in [5, 5.41) is 13.4. The summed E-state index contributed by atoms with van der Waals surface area (Å²) in [6.45, 7) is 4.68. The van der Waals surface area contributed by atoms with Gasteiger partial charge in [-0.05, 0) is 23.8 Å². The maximum atomic E-state index is 11.7. The second-order valence-electron chi connectivity index (χ2n) is 4.93. The minimum Gasteiger partial charge on any atom is -0.379 e. The summed E-state index contributed by atoms with van der Waals surface area (Å²) in [6, 6.07) is 6.04. The van der Waals surface area contributed by atoms with Crippen LogP contribution >= 0.6 is 0 Å². The molecule has 1 fully saturated rings. The molecule has 1 aliphatic heterocycles. The lowest BCUT2D eigenvalue weighted by Gasteiger charge is -2.26. The average molecular weight is 305 g/mol. The van der Waals surface area contributed by atoms with Gasteiger partial charge in [-0.25, -0.2) is 0 Å². The van der Waals surface area contributed by atoms with E-state index in [-0.39, 0.29) is 11.6 Å². The van der Waals surface area contributed by atoms with E-state index in [1.165, 1.54) is 18.2 Å². The summed E-state index contributed by atoms with van der Waals surface area (Å²) in [5.74, 6) is -0.174. The molecule has 22 heavy (non-hydrogen) atoms. The number of rotatable bonds is 6. The number of hydrogen-bond donors (Lipinski definition) is 1. The fourth-order valence-electron chi connectivity index (χ4n) is 2.10. The highest BCUT2D eigenvalue weighted by molar-refractivity contribution is 5.91. The summed E-state index contributed by atoms with van der Waals surface area (Å²) in [6.07, 6.45) is 3.06. The zero-order chi connectivity index (χ0) is 15.8. The molecule has 1 amide bonds. The zero-order valence-electron chi connectivity index (χ0n) is 12.2. The van der Waals surface area contributed by atoms with Gasteiger partial charge in [0.25, 0.3) is 5.69 Å². The molecular formula is C15H19N3O4. The molecule has 0 aromatic heterocycles. The molecule has 118 valence electrons. The largest absolute Gasteiger partial charge is 0.379 e. The molecular weight excluding hydrogens is 286 g/mol. The summed E-state index contributed by atoms with van der Waals surface area (Å²) < 4.78 is 5.26. The van der Waals surface area contributed by atoms with Crippen molar-refractivity contribution in [3.05, 3.63) is 46.0 Å². The van der Waals surface area contributed by atoms with Crippen molar-refractivity contribution in [1.82, 2.24) is 10.2 Å². The van der Waals surface area contributed by atoms with E-state index in [1.807, 2.05) is 0 Å². The number of benzene rings is 1. The molecule has 0 aliphatic carbocycles. The normalized spacial score (nSPS) is 15.8. The molecule has 0 unspecified atom stereocenters. The fraction of sp³-hybridized carbons (Fsp3) is 0.400. The number of nitrogens with zero attached hydrogens (tertiary/aromatic N) is 2. The predicted octanol–water partition coefficient (Wildman–Crippen LogP) is 1.06. The van der Waals surface area contributed by atoms with Gasteiger partial charge in [0.2, 0.25) is 5.91 Å². The number of carbonyl (C=O) groups is 1. The first-order valence-electron chi connectivity index (χ1n) is 7.15. The van der Waals surface area contributed by atoms with E-state index < -0.39 is 4.92 Å². The quantitative estimate of drug-likeness (QED) is 0.482. The van der Waals surface area contributed by atoms with Crippen molar-refractivity contribution in [2.45, 2.75) is 0 Å². The van der Waals surface area contributed by atoms with Gasteiger partial charge in [-0.15, -0.1) is 0 Å². The van der Waals surface area contributed by atoms with E-state index >= 15 is 0 Å². The number of non-ortho nitro benzene ring substituents is 1. The molecule has 0 spiro atoms. The molecule has 1 N–H and O–H groups in total. The van der Waals surface area contributed by atoms with E-state index in [0.29, 0.717) is 6.54 Å². The van der Waals surface area contributed by atoms with Crippen molar-refractivity contribution in [3.8, 4) is 0 Å². The SMILES string of the molecule is O=C(C=Cc1ccc([N+](=O)[O-])cc1)NCCN1CCOCC1. The highest BCUT2D eigenvalue weighted by Gasteiger charge is 2.09. The van der Waals surface area contributed by atoms with Crippen LogP contribution in [-0.4, -0.2) is 55.1 Å².